The van der Waals surface area contributed by atoms with E-state index in [1.54, 1.807) is 0 Å². The maximum atomic E-state index is 13.0. The van der Waals surface area contributed by atoms with Crippen molar-refractivity contribution in [3.8, 4) is 0 Å². The molecule has 4 aromatic carbocycles. The maximum Gasteiger partial charge on any atom is 0.185 e. The van der Waals surface area contributed by atoms with Gasteiger partial charge in [0.2, 0.25) is 0 Å². The maximum absolute atomic E-state index is 13.0. The summed E-state index contributed by atoms with van der Waals surface area (Å²) in [6.45, 7) is 0. The van der Waals surface area contributed by atoms with Crippen LogP contribution in [0.4, 0.5) is 0 Å². The summed E-state index contributed by atoms with van der Waals surface area (Å²) in [5.41, 5.74) is 5.46. The molecule has 6 rings (SSSR count). The van der Waals surface area contributed by atoms with Gasteiger partial charge < -0.3 is 0 Å². The highest BCUT2D eigenvalue weighted by Gasteiger charge is 2.15. The molecule has 1 aliphatic carbocycles. The Labute approximate surface area is 181 Å². The van der Waals surface area contributed by atoms with Gasteiger partial charge in [0.15, 0.2) is 5.78 Å². The van der Waals surface area contributed by atoms with Crippen molar-refractivity contribution >= 4 is 38.2 Å². The zero-order valence-corrected chi connectivity index (χ0v) is 17.4. The first-order chi connectivity index (χ1) is 15.3. The van der Waals surface area contributed by atoms with Crippen molar-refractivity contribution in [2.24, 2.45) is 0 Å². The van der Waals surface area contributed by atoms with Gasteiger partial charge in [0, 0.05) is 11.8 Å². The van der Waals surface area contributed by atoms with E-state index >= 15 is 0 Å². The lowest BCUT2D eigenvalue weighted by atomic mass is 9.86. The predicted octanol–water partition coefficient (Wildman–Crippen LogP) is 6.85. The van der Waals surface area contributed by atoms with Crippen LogP contribution < -0.4 is 0 Å². The summed E-state index contributed by atoms with van der Waals surface area (Å²) >= 11 is 0. The van der Waals surface area contributed by atoms with E-state index in [1.807, 2.05) is 36.4 Å². The van der Waals surface area contributed by atoms with Crippen molar-refractivity contribution in [1.82, 2.24) is 4.98 Å². The summed E-state index contributed by atoms with van der Waals surface area (Å²) in [6, 6.07) is 27.2. The van der Waals surface area contributed by atoms with Crippen molar-refractivity contribution in [2.75, 3.05) is 0 Å². The zero-order valence-electron chi connectivity index (χ0n) is 17.4. The largest absolute Gasteiger partial charge is 0.292 e. The molecular weight excluding hydrogens is 378 g/mol. The molecule has 0 aliphatic heterocycles. The number of carbonyl (C=O) groups is 1. The highest BCUT2D eigenvalue weighted by Crippen LogP contribution is 2.33. The predicted molar refractivity (Wildman–Crippen MR) is 128 cm³/mol. The van der Waals surface area contributed by atoms with Crippen LogP contribution in [0.15, 0.2) is 78.9 Å². The van der Waals surface area contributed by atoms with E-state index in [9.17, 15) is 4.79 Å². The van der Waals surface area contributed by atoms with E-state index < -0.39 is 0 Å². The molecule has 2 nitrogen and oxygen atoms in total. The minimum atomic E-state index is 0.0581. The third-order valence-corrected chi connectivity index (χ3v) is 6.66. The second-order valence-corrected chi connectivity index (χ2v) is 8.62. The molecule has 0 N–H and O–H groups in total. The van der Waals surface area contributed by atoms with Gasteiger partial charge in [0.25, 0.3) is 0 Å². The fourth-order valence-corrected chi connectivity index (χ4v) is 5.04. The molecular formula is C29H23NO. The Morgan fingerprint density at radius 1 is 0.742 bits per heavy atom. The van der Waals surface area contributed by atoms with E-state index in [0.717, 1.165) is 16.5 Å². The average Bonchev–Trinajstić information content (AvgIpc) is 2.83. The van der Waals surface area contributed by atoms with Crippen molar-refractivity contribution in [2.45, 2.75) is 32.1 Å². The number of fused-ring (bicyclic) bond motifs is 6. The minimum Gasteiger partial charge on any atom is -0.292 e. The number of Topliss-reactive ketones (excluding diaryl/α,β-unsaturated/α-hetero) is 1. The normalized spacial score (nSPS) is 13.5. The summed E-state index contributed by atoms with van der Waals surface area (Å²) in [6.07, 6.45) is 5.29. The number of aryl methyl sites for hydroxylation is 2. The molecule has 0 atom stereocenters. The van der Waals surface area contributed by atoms with Crippen LogP contribution in [0.25, 0.3) is 32.4 Å². The van der Waals surface area contributed by atoms with Crippen LogP contribution in [0.5, 0.6) is 0 Å². The van der Waals surface area contributed by atoms with E-state index in [-0.39, 0.29) is 5.78 Å². The van der Waals surface area contributed by atoms with E-state index in [2.05, 4.69) is 47.4 Å². The number of carbonyl (C=O) groups excluding carboxylic acids is 1. The van der Waals surface area contributed by atoms with Crippen LogP contribution in [0.2, 0.25) is 0 Å². The Hall–Kier alpha value is -3.52. The van der Waals surface area contributed by atoms with Gasteiger partial charge in [-0.3, -0.25) is 4.79 Å². The van der Waals surface area contributed by atoms with E-state index in [1.165, 1.54) is 58.4 Å². The van der Waals surface area contributed by atoms with Crippen molar-refractivity contribution in [3.05, 3.63) is 101 Å². The standard InChI is InChI=1S/C29H23NO/c31-29(28-16-13-22-6-2-4-8-27(22)30-28)18-19-9-10-21-12-14-24-23-7-3-1-5-20(23)11-15-25(24)26(21)17-19/h2,4,6,8-17H,1,3,5,7,18H2. The topological polar surface area (TPSA) is 30.0 Å². The molecule has 0 saturated carbocycles. The fraction of sp³-hybridized carbons (Fsp3) is 0.172. The fourth-order valence-electron chi connectivity index (χ4n) is 5.04. The number of hydrogen-bond acceptors (Lipinski definition) is 2. The van der Waals surface area contributed by atoms with Crippen LogP contribution in [0.1, 0.15) is 40.0 Å². The second-order valence-electron chi connectivity index (χ2n) is 8.62. The molecule has 1 aromatic heterocycles. The number of para-hydroxylation sites is 1. The Balaban J connectivity index is 1.39. The van der Waals surface area contributed by atoms with Gasteiger partial charge in [-0.15, -0.1) is 0 Å². The summed E-state index contributed by atoms with van der Waals surface area (Å²) in [5, 5.41) is 6.20. The molecule has 150 valence electrons. The number of pyridine rings is 1. The van der Waals surface area contributed by atoms with Crippen LogP contribution in [0.3, 0.4) is 0 Å². The molecule has 0 fully saturated rings. The molecule has 1 aliphatic rings. The van der Waals surface area contributed by atoms with Gasteiger partial charge in [0.1, 0.15) is 5.69 Å². The lowest BCUT2D eigenvalue weighted by molar-refractivity contribution is 0.0988. The Kier molecular flexibility index (Phi) is 4.31. The highest BCUT2D eigenvalue weighted by atomic mass is 16.1. The molecule has 0 unspecified atom stereocenters. The number of ketones is 1. The lowest BCUT2D eigenvalue weighted by Gasteiger charge is -2.19. The zero-order chi connectivity index (χ0) is 20.8. The van der Waals surface area contributed by atoms with Crippen molar-refractivity contribution in [1.29, 1.82) is 0 Å². The van der Waals surface area contributed by atoms with Gasteiger partial charge in [-0.25, -0.2) is 4.98 Å². The van der Waals surface area contributed by atoms with Crippen LogP contribution in [0, 0.1) is 0 Å². The van der Waals surface area contributed by atoms with Gasteiger partial charge in [-0.05, 0) is 76.1 Å². The smallest absolute Gasteiger partial charge is 0.185 e. The molecule has 0 bridgehead atoms. The first kappa shape index (κ1) is 18.3. The van der Waals surface area contributed by atoms with E-state index in [0.29, 0.717) is 12.1 Å². The van der Waals surface area contributed by atoms with Gasteiger partial charge in [0.05, 0.1) is 5.52 Å². The first-order valence-corrected chi connectivity index (χ1v) is 11.1. The number of nitrogens with zero attached hydrogens (tertiary/aromatic N) is 1. The van der Waals surface area contributed by atoms with Crippen LogP contribution in [-0.2, 0) is 19.3 Å². The lowest BCUT2D eigenvalue weighted by Crippen LogP contribution is -2.06. The monoisotopic (exact) mass is 401 g/mol. The summed E-state index contributed by atoms with van der Waals surface area (Å²) in [7, 11) is 0. The number of aromatic nitrogens is 1. The number of rotatable bonds is 3. The summed E-state index contributed by atoms with van der Waals surface area (Å²) in [5.74, 6) is 0.0581. The molecule has 5 aromatic rings. The Morgan fingerprint density at radius 2 is 1.55 bits per heavy atom. The Bertz CT molecular complexity index is 1480. The molecule has 31 heavy (non-hydrogen) atoms. The molecule has 0 saturated heterocycles. The molecule has 0 radical (unpaired) electrons. The average molecular weight is 402 g/mol. The van der Waals surface area contributed by atoms with Crippen molar-refractivity contribution in [3.63, 3.8) is 0 Å². The third kappa shape index (κ3) is 3.19. The van der Waals surface area contributed by atoms with Crippen molar-refractivity contribution < 1.29 is 4.79 Å². The SMILES string of the molecule is O=C(Cc1ccc2ccc3c4c(ccc3c2c1)CCCC4)c1ccc2ccccc2n1. The van der Waals surface area contributed by atoms with Gasteiger partial charge in [-0.2, -0.15) is 0 Å². The minimum absolute atomic E-state index is 0.0581. The molecule has 1 heterocycles. The summed E-state index contributed by atoms with van der Waals surface area (Å²) < 4.78 is 0. The first-order valence-electron chi connectivity index (χ1n) is 11.1. The van der Waals surface area contributed by atoms with Gasteiger partial charge in [-0.1, -0.05) is 66.7 Å². The Morgan fingerprint density at radius 3 is 2.52 bits per heavy atom. The van der Waals surface area contributed by atoms with Crippen LogP contribution >= 0.6 is 0 Å². The molecule has 0 spiro atoms. The highest BCUT2D eigenvalue weighted by molar-refractivity contribution is 6.09. The van der Waals surface area contributed by atoms with Crippen LogP contribution in [-0.4, -0.2) is 10.8 Å². The summed E-state index contributed by atoms with van der Waals surface area (Å²) in [4.78, 5) is 17.6. The third-order valence-electron chi connectivity index (χ3n) is 6.66. The second kappa shape index (κ2) is 7.31. The number of hydrogen-bond donors (Lipinski definition) is 0. The molecule has 2 heteroatoms. The van der Waals surface area contributed by atoms with Gasteiger partial charge >= 0.3 is 0 Å². The number of benzene rings is 4. The molecule has 0 amide bonds. The quantitative estimate of drug-likeness (QED) is 0.244. The van der Waals surface area contributed by atoms with E-state index in [4.69, 9.17) is 0 Å².